The van der Waals surface area contributed by atoms with Crippen LogP contribution in [-0.4, -0.2) is 29.1 Å². The van der Waals surface area contributed by atoms with Crippen LogP contribution in [0.15, 0.2) is 11.0 Å². The molecular weight excluding hydrogens is 204 g/mol. The Labute approximate surface area is 93.7 Å². The van der Waals surface area contributed by atoms with E-state index in [-0.39, 0.29) is 5.56 Å². The van der Waals surface area contributed by atoms with Gasteiger partial charge in [0.25, 0.3) is 5.56 Å². The zero-order valence-corrected chi connectivity index (χ0v) is 9.07. The van der Waals surface area contributed by atoms with Crippen molar-refractivity contribution in [1.82, 2.24) is 9.97 Å². The van der Waals surface area contributed by atoms with Gasteiger partial charge in [-0.1, -0.05) is 0 Å². The van der Waals surface area contributed by atoms with Crippen molar-refractivity contribution in [3.8, 4) is 0 Å². The number of anilines is 1. The maximum absolute atomic E-state index is 11.5. The largest absolute Gasteiger partial charge is 0.351 e. The lowest BCUT2D eigenvalue weighted by Gasteiger charge is -2.48. The number of aromatic nitrogens is 2. The van der Waals surface area contributed by atoms with Crippen molar-refractivity contribution in [2.45, 2.75) is 25.3 Å². The number of nitrogens with zero attached hydrogens (tertiary/aromatic N) is 2. The second-order valence-corrected chi connectivity index (χ2v) is 5.04. The van der Waals surface area contributed by atoms with Gasteiger partial charge in [0.1, 0.15) is 0 Å². The molecule has 1 atom stereocenters. The third kappa shape index (κ3) is 1.43. The van der Waals surface area contributed by atoms with Crippen molar-refractivity contribution in [1.29, 1.82) is 0 Å². The number of nitrogens with one attached hydrogen (secondary N) is 1. The van der Waals surface area contributed by atoms with Crippen LogP contribution in [0.2, 0.25) is 0 Å². The summed E-state index contributed by atoms with van der Waals surface area (Å²) >= 11 is 0. The Balaban J connectivity index is 1.74. The van der Waals surface area contributed by atoms with Gasteiger partial charge in [-0.25, -0.2) is 4.98 Å². The fourth-order valence-electron chi connectivity index (χ4n) is 2.98. The van der Waals surface area contributed by atoms with Gasteiger partial charge in [-0.3, -0.25) is 4.79 Å². The van der Waals surface area contributed by atoms with E-state index in [1.165, 1.54) is 12.6 Å². The Morgan fingerprint density at radius 2 is 2.44 bits per heavy atom. The summed E-state index contributed by atoms with van der Waals surface area (Å²) in [5, 5.41) is 0. The minimum atomic E-state index is -0.153. The molecule has 2 fully saturated rings. The number of hydrogen-bond acceptors (Lipinski definition) is 4. The molecule has 1 aromatic heterocycles. The molecule has 1 spiro atoms. The van der Waals surface area contributed by atoms with Crippen LogP contribution < -0.4 is 16.2 Å². The van der Waals surface area contributed by atoms with Crippen LogP contribution in [0.4, 0.5) is 5.82 Å². The van der Waals surface area contributed by atoms with Crippen LogP contribution in [0, 0.1) is 11.6 Å². The van der Waals surface area contributed by atoms with Crippen molar-refractivity contribution in [3.05, 3.63) is 22.7 Å². The zero-order valence-electron chi connectivity index (χ0n) is 9.07. The topological polar surface area (TPSA) is 75.0 Å². The average molecular weight is 219 g/mol. The van der Waals surface area contributed by atoms with Crippen LogP contribution in [0.5, 0.6) is 0 Å². The van der Waals surface area contributed by atoms with Crippen LogP contribution in [-0.2, 0) is 0 Å². The van der Waals surface area contributed by atoms with Gasteiger partial charge < -0.3 is 15.6 Å². The zero-order chi connectivity index (χ0) is 11.2. The van der Waals surface area contributed by atoms with Gasteiger partial charge in [0, 0.05) is 24.5 Å². The van der Waals surface area contributed by atoms with Gasteiger partial charge in [0.2, 0.25) is 0 Å². The molecule has 1 saturated heterocycles. The quantitative estimate of drug-likeness (QED) is 0.691. The van der Waals surface area contributed by atoms with E-state index < -0.39 is 0 Å². The van der Waals surface area contributed by atoms with E-state index in [0.717, 1.165) is 25.9 Å². The van der Waals surface area contributed by atoms with Crippen molar-refractivity contribution >= 4 is 5.82 Å². The van der Waals surface area contributed by atoms with Gasteiger partial charge in [-0.15, -0.1) is 0 Å². The van der Waals surface area contributed by atoms with E-state index in [2.05, 4.69) is 16.2 Å². The van der Waals surface area contributed by atoms with Crippen LogP contribution >= 0.6 is 0 Å². The molecule has 3 N–H and O–H groups in total. The first-order valence-corrected chi connectivity index (χ1v) is 5.64. The Morgan fingerprint density at radius 3 is 3.06 bits per heavy atom. The van der Waals surface area contributed by atoms with Crippen LogP contribution in [0.25, 0.3) is 0 Å². The predicted molar refractivity (Wildman–Crippen MR) is 60.2 cm³/mol. The molecule has 16 heavy (non-hydrogen) atoms. The molecular formula is C11H15N4O. The first-order chi connectivity index (χ1) is 7.69. The van der Waals surface area contributed by atoms with E-state index in [1.54, 1.807) is 0 Å². The normalized spacial score (nSPS) is 27.1. The standard InChI is InChI=1S/C11H15N4O/c12-8-1-2-11(5-8)6-15(7-11)9-10(16)14-4-3-13-9/h3,8H,1-2,5-7,12H2,(H,14,16)/t8-/m0/s1. The highest BCUT2D eigenvalue weighted by Crippen LogP contribution is 2.45. The number of aromatic amines is 1. The summed E-state index contributed by atoms with van der Waals surface area (Å²) in [6, 6.07) is 0.345. The molecule has 1 aliphatic carbocycles. The summed E-state index contributed by atoms with van der Waals surface area (Å²) in [7, 11) is 0. The highest BCUT2D eigenvalue weighted by Gasteiger charge is 2.48. The fraction of sp³-hybridized carbons (Fsp3) is 0.636. The lowest BCUT2D eigenvalue weighted by atomic mass is 9.78. The number of H-pyrrole nitrogens is 1. The lowest BCUT2D eigenvalue weighted by Crippen LogP contribution is -2.57. The first-order valence-electron chi connectivity index (χ1n) is 5.64. The first kappa shape index (κ1) is 9.84. The molecule has 0 bridgehead atoms. The molecule has 2 aliphatic rings. The third-order valence-electron chi connectivity index (χ3n) is 3.73. The molecule has 1 aromatic rings. The van der Waals surface area contributed by atoms with E-state index in [1.807, 2.05) is 4.90 Å². The Morgan fingerprint density at radius 1 is 1.62 bits per heavy atom. The molecule has 3 rings (SSSR count). The second kappa shape index (κ2) is 3.31. The Hall–Kier alpha value is -1.36. The lowest BCUT2D eigenvalue weighted by molar-refractivity contribution is 0.217. The van der Waals surface area contributed by atoms with Gasteiger partial charge in [0.15, 0.2) is 5.82 Å². The van der Waals surface area contributed by atoms with E-state index in [0.29, 0.717) is 17.3 Å². The van der Waals surface area contributed by atoms with Crippen LogP contribution in [0.3, 0.4) is 0 Å². The van der Waals surface area contributed by atoms with Gasteiger partial charge in [-0.2, -0.15) is 0 Å². The molecule has 1 saturated carbocycles. The third-order valence-corrected chi connectivity index (χ3v) is 3.73. The SMILES string of the molecule is N[C@H]1CCC2(C1)CN(c1nc[c][nH]c1=O)C2. The maximum Gasteiger partial charge on any atom is 0.291 e. The maximum atomic E-state index is 11.5. The van der Waals surface area contributed by atoms with Crippen molar-refractivity contribution in [2.24, 2.45) is 11.1 Å². The Kier molecular flexibility index (Phi) is 2.04. The molecule has 0 amide bonds. The van der Waals surface area contributed by atoms with E-state index in [4.69, 9.17) is 5.73 Å². The van der Waals surface area contributed by atoms with Gasteiger partial charge in [0.05, 0.1) is 12.4 Å². The minimum absolute atomic E-state index is 0.153. The summed E-state index contributed by atoms with van der Waals surface area (Å²) in [4.78, 5) is 20.1. The van der Waals surface area contributed by atoms with Crippen LogP contribution in [0.1, 0.15) is 19.3 Å². The summed E-state index contributed by atoms with van der Waals surface area (Å²) in [6.07, 6.45) is 7.46. The second-order valence-electron chi connectivity index (χ2n) is 5.04. The summed E-state index contributed by atoms with van der Waals surface area (Å²) < 4.78 is 0. The molecule has 1 radical (unpaired) electrons. The molecule has 5 nitrogen and oxygen atoms in total. The number of nitrogens with two attached hydrogens (primary N) is 1. The summed E-state index contributed by atoms with van der Waals surface area (Å²) in [6.45, 7) is 1.83. The fourth-order valence-corrected chi connectivity index (χ4v) is 2.98. The van der Waals surface area contributed by atoms with E-state index in [9.17, 15) is 4.79 Å². The minimum Gasteiger partial charge on any atom is -0.351 e. The van der Waals surface area contributed by atoms with Gasteiger partial charge >= 0.3 is 0 Å². The monoisotopic (exact) mass is 219 g/mol. The predicted octanol–water partition coefficient (Wildman–Crippen LogP) is -0.112. The smallest absolute Gasteiger partial charge is 0.291 e. The highest BCUT2D eigenvalue weighted by molar-refractivity contribution is 5.41. The summed E-state index contributed by atoms with van der Waals surface area (Å²) in [5.41, 5.74) is 6.13. The number of rotatable bonds is 1. The number of hydrogen-bond donors (Lipinski definition) is 2. The molecule has 1 aliphatic heterocycles. The average Bonchev–Trinajstić information content (AvgIpc) is 2.60. The van der Waals surface area contributed by atoms with Crippen molar-refractivity contribution < 1.29 is 0 Å². The highest BCUT2D eigenvalue weighted by atomic mass is 16.1. The molecule has 2 heterocycles. The van der Waals surface area contributed by atoms with Crippen molar-refractivity contribution in [2.75, 3.05) is 18.0 Å². The molecule has 0 unspecified atom stereocenters. The molecule has 5 heteroatoms. The summed E-state index contributed by atoms with van der Waals surface area (Å²) in [5.74, 6) is 0.518. The van der Waals surface area contributed by atoms with Crippen molar-refractivity contribution in [3.63, 3.8) is 0 Å². The Bertz CT molecular complexity index is 449. The molecule has 85 valence electrons. The van der Waals surface area contributed by atoms with Gasteiger partial charge in [-0.05, 0) is 19.3 Å². The molecule has 0 aromatic carbocycles. The van der Waals surface area contributed by atoms with E-state index >= 15 is 0 Å².